The molecule has 3 aromatic carbocycles. The van der Waals surface area contributed by atoms with Crippen LogP contribution in [0.1, 0.15) is 48.1 Å². The predicted molar refractivity (Wildman–Crippen MR) is 154 cm³/mol. The number of fused-ring (bicyclic) bond motifs is 1. The van der Waals surface area contributed by atoms with Gasteiger partial charge in [-0.3, -0.25) is 14.5 Å². The van der Waals surface area contributed by atoms with Gasteiger partial charge in [-0.2, -0.15) is 0 Å². The fraction of sp³-hybridized carbons (Fsp3) is 0.375. The van der Waals surface area contributed by atoms with Crippen molar-refractivity contribution >= 4 is 17.6 Å². The third kappa shape index (κ3) is 6.28. The molecule has 0 radical (unpaired) electrons. The van der Waals surface area contributed by atoms with Crippen molar-refractivity contribution in [3.05, 3.63) is 82.4 Å². The monoisotopic (exact) mass is 596 g/mol. The summed E-state index contributed by atoms with van der Waals surface area (Å²) in [7, 11) is 0. The van der Waals surface area contributed by atoms with Crippen LogP contribution < -0.4 is 19.5 Å². The average Bonchev–Trinajstić information content (AvgIpc) is 3.62. The van der Waals surface area contributed by atoms with E-state index >= 15 is 0 Å². The highest BCUT2D eigenvalue weighted by molar-refractivity contribution is 5.94. The van der Waals surface area contributed by atoms with Crippen molar-refractivity contribution in [3.63, 3.8) is 0 Å². The van der Waals surface area contributed by atoms with Gasteiger partial charge >= 0.3 is 5.97 Å². The zero-order chi connectivity index (χ0) is 30.7. The van der Waals surface area contributed by atoms with Crippen LogP contribution >= 0.6 is 0 Å². The number of ether oxygens (including phenoxy) is 3. The molecule has 0 unspecified atom stereocenters. The number of aliphatic carboxylic acids is 1. The zero-order valence-electron chi connectivity index (χ0n) is 23.9. The summed E-state index contributed by atoms with van der Waals surface area (Å²) in [5.41, 5.74) is 2.94. The molecule has 3 N–H and O–H groups in total. The van der Waals surface area contributed by atoms with Gasteiger partial charge in [-0.25, -0.2) is 8.78 Å². The Morgan fingerprint density at radius 3 is 2.35 bits per heavy atom. The fourth-order valence-corrected chi connectivity index (χ4v) is 6.06. The standard InChI is InChI=1S/C32H34F2N2O7/c1-3-18-11-22(33)12-19(4-2)29(18)35-27(38)16-36-15-24(21-13-25(34)31-26(14-21)42-17-43-31)28(32(39)40)30(36)20-5-7-23(8-6-20)41-10-9-37/h5-8,11-14,24,28,30,37H,3-4,9-10,15-17H2,1-2H3,(H,35,38)(H,39,40)/t24-,28-,30+/m1/s1. The van der Waals surface area contributed by atoms with Gasteiger partial charge in [0.2, 0.25) is 18.4 Å². The number of carbonyl (C=O) groups is 2. The van der Waals surface area contributed by atoms with Gasteiger partial charge in [-0.05, 0) is 71.5 Å². The number of nitrogens with zero attached hydrogens (tertiary/aromatic N) is 1. The molecule has 228 valence electrons. The van der Waals surface area contributed by atoms with Crippen LogP contribution in [-0.2, 0) is 22.4 Å². The maximum Gasteiger partial charge on any atom is 0.309 e. The van der Waals surface area contributed by atoms with E-state index < -0.39 is 29.7 Å². The molecule has 1 fully saturated rings. The molecule has 0 aliphatic carbocycles. The Balaban J connectivity index is 1.50. The molecule has 3 aromatic rings. The average molecular weight is 597 g/mol. The van der Waals surface area contributed by atoms with Crippen LogP contribution in [0.15, 0.2) is 48.5 Å². The smallest absolute Gasteiger partial charge is 0.309 e. The molecule has 43 heavy (non-hydrogen) atoms. The molecule has 0 bridgehead atoms. The van der Waals surface area contributed by atoms with Crippen molar-refractivity contribution in [3.8, 4) is 17.2 Å². The largest absolute Gasteiger partial charge is 0.491 e. The number of likely N-dealkylation sites (tertiary alicyclic amines) is 1. The zero-order valence-corrected chi connectivity index (χ0v) is 23.9. The van der Waals surface area contributed by atoms with Crippen LogP contribution in [0.5, 0.6) is 17.2 Å². The molecule has 2 heterocycles. The van der Waals surface area contributed by atoms with Crippen molar-refractivity contribution in [2.45, 2.75) is 38.6 Å². The van der Waals surface area contributed by atoms with Crippen LogP contribution in [0, 0.1) is 17.6 Å². The Bertz CT molecular complexity index is 1470. The molecule has 0 spiro atoms. The van der Waals surface area contributed by atoms with E-state index in [2.05, 4.69) is 5.32 Å². The van der Waals surface area contributed by atoms with Gasteiger partial charge in [-0.1, -0.05) is 26.0 Å². The van der Waals surface area contributed by atoms with E-state index in [-0.39, 0.29) is 56.3 Å². The molecular weight excluding hydrogens is 562 g/mol. The van der Waals surface area contributed by atoms with Gasteiger partial charge in [0.15, 0.2) is 11.6 Å². The molecule has 2 aliphatic heterocycles. The maximum absolute atomic E-state index is 14.9. The van der Waals surface area contributed by atoms with E-state index in [9.17, 15) is 23.5 Å². The quantitative estimate of drug-likeness (QED) is 0.293. The van der Waals surface area contributed by atoms with Gasteiger partial charge in [0.25, 0.3) is 0 Å². The third-order valence-corrected chi connectivity index (χ3v) is 7.98. The van der Waals surface area contributed by atoms with Gasteiger partial charge < -0.3 is 29.7 Å². The van der Waals surface area contributed by atoms with Crippen molar-refractivity contribution in [1.29, 1.82) is 0 Å². The fourth-order valence-electron chi connectivity index (χ4n) is 6.06. The van der Waals surface area contributed by atoms with Gasteiger partial charge in [0.05, 0.1) is 19.1 Å². The number of aliphatic hydroxyl groups excluding tert-OH is 1. The summed E-state index contributed by atoms with van der Waals surface area (Å²) in [6.07, 6.45) is 1.02. The summed E-state index contributed by atoms with van der Waals surface area (Å²) in [5, 5.41) is 22.5. The Morgan fingerprint density at radius 1 is 1.02 bits per heavy atom. The van der Waals surface area contributed by atoms with Crippen LogP contribution in [0.2, 0.25) is 0 Å². The first-order valence-electron chi connectivity index (χ1n) is 14.2. The lowest BCUT2D eigenvalue weighted by Crippen LogP contribution is -2.35. The first-order valence-corrected chi connectivity index (χ1v) is 14.2. The number of aryl methyl sites for hydroxylation is 2. The number of carbonyl (C=O) groups excluding carboxylic acids is 1. The number of carboxylic acid groups (broad SMARTS) is 1. The maximum atomic E-state index is 14.9. The number of carboxylic acids is 1. The summed E-state index contributed by atoms with van der Waals surface area (Å²) in [5.74, 6) is -3.55. The summed E-state index contributed by atoms with van der Waals surface area (Å²) >= 11 is 0. The molecular formula is C32H34F2N2O7. The Labute approximate surface area is 248 Å². The van der Waals surface area contributed by atoms with Crippen molar-refractivity contribution in [1.82, 2.24) is 4.90 Å². The second-order valence-electron chi connectivity index (χ2n) is 10.6. The van der Waals surface area contributed by atoms with E-state index in [1.165, 1.54) is 18.2 Å². The molecule has 9 nitrogen and oxygen atoms in total. The Hall–Kier alpha value is -4.22. The number of benzene rings is 3. The van der Waals surface area contributed by atoms with Gasteiger partial charge in [0.1, 0.15) is 18.2 Å². The highest BCUT2D eigenvalue weighted by atomic mass is 19.1. The minimum absolute atomic E-state index is 0.0161. The molecule has 2 aliphatic rings. The predicted octanol–water partition coefficient (Wildman–Crippen LogP) is 4.67. The number of hydrogen-bond donors (Lipinski definition) is 3. The normalized spacial score (nSPS) is 19.4. The lowest BCUT2D eigenvalue weighted by molar-refractivity contribution is -0.143. The second-order valence-corrected chi connectivity index (χ2v) is 10.6. The molecule has 5 rings (SSSR count). The topological polar surface area (TPSA) is 118 Å². The molecule has 1 saturated heterocycles. The summed E-state index contributed by atoms with van der Waals surface area (Å²) < 4.78 is 45.2. The van der Waals surface area contributed by atoms with Crippen LogP contribution in [0.3, 0.4) is 0 Å². The van der Waals surface area contributed by atoms with Gasteiger partial charge in [-0.15, -0.1) is 0 Å². The summed E-state index contributed by atoms with van der Waals surface area (Å²) in [6.45, 7) is 3.54. The van der Waals surface area contributed by atoms with Crippen molar-refractivity contribution in [2.24, 2.45) is 5.92 Å². The van der Waals surface area contributed by atoms with E-state index in [1.54, 1.807) is 35.2 Å². The van der Waals surface area contributed by atoms with E-state index in [1.807, 2.05) is 13.8 Å². The lowest BCUT2D eigenvalue weighted by Gasteiger charge is -2.27. The molecule has 1 amide bonds. The van der Waals surface area contributed by atoms with E-state index in [0.717, 1.165) is 0 Å². The Morgan fingerprint density at radius 2 is 1.72 bits per heavy atom. The van der Waals surface area contributed by atoms with E-state index in [4.69, 9.17) is 19.3 Å². The number of hydrogen-bond acceptors (Lipinski definition) is 7. The van der Waals surface area contributed by atoms with Gasteiger partial charge in [0, 0.05) is 24.2 Å². The first kappa shape index (κ1) is 30.2. The lowest BCUT2D eigenvalue weighted by atomic mass is 9.82. The first-order chi connectivity index (χ1) is 20.7. The highest BCUT2D eigenvalue weighted by Crippen LogP contribution is 2.48. The Kier molecular flexibility index (Phi) is 9.12. The molecule has 3 atom stereocenters. The number of amides is 1. The summed E-state index contributed by atoms with van der Waals surface area (Å²) in [4.78, 5) is 28.2. The number of anilines is 1. The third-order valence-electron chi connectivity index (χ3n) is 7.98. The van der Waals surface area contributed by atoms with Crippen LogP contribution in [-0.4, -0.2) is 60.1 Å². The summed E-state index contributed by atoms with van der Waals surface area (Å²) in [6, 6.07) is 11.7. The van der Waals surface area contributed by atoms with Crippen molar-refractivity contribution < 1.29 is 42.8 Å². The highest BCUT2D eigenvalue weighted by Gasteiger charge is 2.48. The molecule has 0 aromatic heterocycles. The minimum atomic E-state index is -1.10. The molecule has 11 heteroatoms. The van der Waals surface area contributed by atoms with E-state index in [0.29, 0.717) is 46.5 Å². The number of aliphatic hydroxyl groups is 1. The minimum Gasteiger partial charge on any atom is -0.491 e. The van der Waals surface area contributed by atoms with Crippen LogP contribution in [0.4, 0.5) is 14.5 Å². The van der Waals surface area contributed by atoms with Crippen LogP contribution in [0.25, 0.3) is 0 Å². The second kappa shape index (κ2) is 13.0. The molecule has 0 saturated carbocycles. The van der Waals surface area contributed by atoms with Crippen molar-refractivity contribution in [2.75, 3.05) is 38.4 Å². The number of nitrogens with one attached hydrogen (secondary N) is 1. The number of rotatable bonds is 11. The number of halogens is 2. The SMILES string of the molecule is CCc1cc(F)cc(CC)c1NC(=O)CN1C[C@H](c2cc(F)c3c(c2)OCO3)[C@@H](C(=O)O)[C@@H]1c1ccc(OCCO)cc1.